The first-order valence-electron chi connectivity index (χ1n) is 11.9. The number of hydrogen-bond acceptors (Lipinski definition) is 9. The Morgan fingerprint density at radius 3 is 2.34 bits per heavy atom. The second-order valence-corrected chi connectivity index (χ2v) is 8.96. The molecule has 0 spiro atoms. The molecule has 0 radical (unpaired) electrons. The van der Waals surface area contributed by atoms with Gasteiger partial charge in [-0.25, -0.2) is 0 Å². The van der Waals surface area contributed by atoms with Crippen molar-refractivity contribution in [2.75, 3.05) is 26.4 Å². The number of rotatable bonds is 14. The number of nitrogens with zero attached hydrogens (tertiary/aromatic N) is 1. The summed E-state index contributed by atoms with van der Waals surface area (Å²) in [6, 6.07) is 0.114. The van der Waals surface area contributed by atoms with E-state index < -0.39 is 18.4 Å². The van der Waals surface area contributed by atoms with E-state index in [9.17, 15) is 15.3 Å². The van der Waals surface area contributed by atoms with Crippen LogP contribution in [0.25, 0.3) is 0 Å². The van der Waals surface area contributed by atoms with Gasteiger partial charge in [-0.1, -0.05) is 6.92 Å². The molecular formula is C23H43NO8. The monoisotopic (exact) mass is 461 g/mol. The number of aliphatic hydroxyl groups excluding tert-OH is 5. The molecule has 0 aromatic heterocycles. The molecule has 1 fully saturated rings. The predicted octanol–water partition coefficient (Wildman–Crippen LogP) is 0.517. The van der Waals surface area contributed by atoms with Crippen molar-refractivity contribution in [3.05, 3.63) is 11.8 Å². The van der Waals surface area contributed by atoms with Crippen LogP contribution in [-0.4, -0.2) is 106 Å². The van der Waals surface area contributed by atoms with Crippen LogP contribution in [0, 0.1) is 0 Å². The standard InChI is InChI=1S/C23H43NO8/c1-4-20-22(11-15(2)30-9-7-17(28)13-25)32-23-12-19(31-10-8-18(29)14-26)5-6-21(23)24(20)16(3)27/h5,15-18,20-23,25-29H,4,6-14H2,1-3H3. The summed E-state index contributed by atoms with van der Waals surface area (Å²) < 4.78 is 18.2. The first kappa shape index (κ1) is 27.5. The Labute approximate surface area is 191 Å². The van der Waals surface area contributed by atoms with Crippen molar-refractivity contribution in [3.8, 4) is 0 Å². The molecule has 2 rings (SSSR count). The summed E-state index contributed by atoms with van der Waals surface area (Å²) in [5, 5.41) is 47.5. The fourth-order valence-corrected chi connectivity index (χ4v) is 4.69. The Kier molecular flexibility index (Phi) is 11.9. The lowest BCUT2D eigenvalue weighted by Crippen LogP contribution is -2.64. The highest BCUT2D eigenvalue weighted by Gasteiger charge is 2.46. The van der Waals surface area contributed by atoms with Crippen molar-refractivity contribution in [3.63, 3.8) is 0 Å². The summed E-state index contributed by atoms with van der Waals surface area (Å²) in [7, 11) is 0. The smallest absolute Gasteiger partial charge is 0.105 e. The average Bonchev–Trinajstić information content (AvgIpc) is 2.77. The highest BCUT2D eigenvalue weighted by Crippen LogP contribution is 2.37. The quantitative estimate of drug-likeness (QED) is 0.251. The van der Waals surface area contributed by atoms with Gasteiger partial charge in [0, 0.05) is 38.0 Å². The van der Waals surface area contributed by atoms with E-state index in [0.29, 0.717) is 45.3 Å². The zero-order chi connectivity index (χ0) is 23.7. The molecule has 9 nitrogen and oxygen atoms in total. The first-order chi connectivity index (χ1) is 15.3. The minimum atomic E-state index is -0.779. The molecule has 32 heavy (non-hydrogen) atoms. The normalized spacial score (nSPS) is 30.2. The topological polar surface area (TPSA) is 132 Å². The van der Waals surface area contributed by atoms with Gasteiger partial charge in [0.25, 0.3) is 0 Å². The maximum atomic E-state index is 10.6. The highest BCUT2D eigenvalue weighted by atomic mass is 16.5. The van der Waals surface area contributed by atoms with Crippen LogP contribution in [0.4, 0.5) is 0 Å². The Balaban J connectivity index is 2.00. The van der Waals surface area contributed by atoms with Crippen LogP contribution < -0.4 is 0 Å². The van der Waals surface area contributed by atoms with Crippen LogP contribution in [0.2, 0.25) is 0 Å². The maximum absolute atomic E-state index is 10.6. The van der Waals surface area contributed by atoms with E-state index in [4.69, 9.17) is 24.4 Å². The molecular weight excluding hydrogens is 418 g/mol. The Bertz CT molecular complexity index is 560. The molecule has 0 saturated carbocycles. The summed E-state index contributed by atoms with van der Waals surface area (Å²) in [4.78, 5) is 2.16. The van der Waals surface area contributed by atoms with E-state index >= 15 is 0 Å². The van der Waals surface area contributed by atoms with Gasteiger partial charge in [-0.2, -0.15) is 0 Å². The summed E-state index contributed by atoms with van der Waals surface area (Å²) in [5.74, 6) is 0.818. The summed E-state index contributed by atoms with van der Waals surface area (Å²) in [5.41, 5.74) is 0. The van der Waals surface area contributed by atoms with Crippen molar-refractivity contribution < 1.29 is 39.7 Å². The molecule has 1 saturated heterocycles. The molecule has 1 aliphatic heterocycles. The second kappa shape index (κ2) is 13.8. The van der Waals surface area contributed by atoms with Gasteiger partial charge in [-0.3, -0.25) is 4.90 Å². The summed E-state index contributed by atoms with van der Waals surface area (Å²) in [6.45, 7) is 6.00. The van der Waals surface area contributed by atoms with Crippen molar-refractivity contribution in [2.45, 2.75) is 108 Å². The highest BCUT2D eigenvalue weighted by molar-refractivity contribution is 5.09. The minimum Gasteiger partial charge on any atom is -0.498 e. The molecule has 8 unspecified atom stereocenters. The molecule has 0 aromatic rings. The third-order valence-electron chi connectivity index (χ3n) is 6.39. The summed E-state index contributed by atoms with van der Waals surface area (Å²) in [6.07, 6.45) is 3.08. The van der Waals surface area contributed by atoms with Gasteiger partial charge in [0.05, 0.1) is 56.1 Å². The zero-order valence-electron chi connectivity index (χ0n) is 19.7. The number of aliphatic hydroxyl groups is 5. The van der Waals surface area contributed by atoms with E-state index in [2.05, 4.69) is 11.8 Å². The first-order valence-corrected chi connectivity index (χ1v) is 11.9. The molecule has 0 bridgehead atoms. The van der Waals surface area contributed by atoms with E-state index in [1.807, 2.05) is 13.0 Å². The summed E-state index contributed by atoms with van der Waals surface area (Å²) >= 11 is 0. The number of hydrogen-bond donors (Lipinski definition) is 5. The van der Waals surface area contributed by atoms with Crippen molar-refractivity contribution in [1.29, 1.82) is 0 Å². The fraction of sp³-hybridized carbons (Fsp3) is 0.913. The Morgan fingerprint density at radius 2 is 1.75 bits per heavy atom. The van der Waals surface area contributed by atoms with Gasteiger partial charge in [0.1, 0.15) is 6.23 Å². The molecule has 8 atom stereocenters. The largest absolute Gasteiger partial charge is 0.498 e. The van der Waals surface area contributed by atoms with Crippen LogP contribution in [0.15, 0.2) is 11.8 Å². The van der Waals surface area contributed by atoms with E-state index in [1.165, 1.54) is 0 Å². The lowest BCUT2D eigenvalue weighted by molar-refractivity contribution is -0.204. The molecule has 188 valence electrons. The molecule has 0 aromatic carbocycles. The lowest BCUT2D eigenvalue weighted by atomic mass is 9.87. The fourth-order valence-electron chi connectivity index (χ4n) is 4.69. The third kappa shape index (κ3) is 7.92. The van der Waals surface area contributed by atoms with Crippen molar-refractivity contribution >= 4 is 0 Å². The van der Waals surface area contributed by atoms with Gasteiger partial charge in [-0.15, -0.1) is 0 Å². The second-order valence-electron chi connectivity index (χ2n) is 8.96. The van der Waals surface area contributed by atoms with Crippen LogP contribution in [0.1, 0.15) is 59.3 Å². The van der Waals surface area contributed by atoms with Gasteiger partial charge in [0.2, 0.25) is 0 Å². The van der Waals surface area contributed by atoms with Gasteiger partial charge in [0.15, 0.2) is 0 Å². The van der Waals surface area contributed by atoms with Crippen LogP contribution in [0.5, 0.6) is 0 Å². The van der Waals surface area contributed by atoms with Gasteiger partial charge in [-0.05, 0) is 39.2 Å². The van der Waals surface area contributed by atoms with E-state index in [-0.39, 0.29) is 43.6 Å². The number of morpholine rings is 1. The molecule has 1 heterocycles. The molecule has 0 amide bonds. The van der Waals surface area contributed by atoms with Gasteiger partial charge >= 0.3 is 0 Å². The Hall–Kier alpha value is -0.780. The molecule has 2 aliphatic rings. The van der Waals surface area contributed by atoms with Crippen LogP contribution in [0.3, 0.4) is 0 Å². The molecule has 9 heteroatoms. The van der Waals surface area contributed by atoms with Crippen molar-refractivity contribution in [1.82, 2.24) is 4.90 Å². The SMILES string of the molecule is CCC1C(CC(C)OCCC(O)CO)OC2CC(OCCC(O)CO)=CCC2N1C(C)O. The Morgan fingerprint density at radius 1 is 1.09 bits per heavy atom. The molecule has 1 aliphatic carbocycles. The zero-order valence-corrected chi connectivity index (χ0v) is 19.7. The maximum Gasteiger partial charge on any atom is 0.105 e. The number of ether oxygens (including phenoxy) is 3. The lowest BCUT2D eigenvalue weighted by Gasteiger charge is -2.52. The van der Waals surface area contributed by atoms with E-state index in [0.717, 1.165) is 12.2 Å². The predicted molar refractivity (Wildman–Crippen MR) is 119 cm³/mol. The number of fused-ring (bicyclic) bond motifs is 1. The minimum absolute atomic E-state index is 0.0564. The average molecular weight is 462 g/mol. The van der Waals surface area contributed by atoms with Gasteiger partial charge < -0.3 is 39.7 Å². The molecule has 5 N–H and O–H groups in total. The van der Waals surface area contributed by atoms with E-state index in [1.54, 1.807) is 6.92 Å². The van der Waals surface area contributed by atoms with Crippen LogP contribution >= 0.6 is 0 Å². The van der Waals surface area contributed by atoms with Crippen molar-refractivity contribution in [2.24, 2.45) is 0 Å². The van der Waals surface area contributed by atoms with Crippen LogP contribution in [-0.2, 0) is 14.2 Å². The third-order valence-corrected chi connectivity index (χ3v) is 6.39.